The molecule has 0 aliphatic heterocycles. The van der Waals surface area contributed by atoms with Crippen LogP contribution in [0.4, 0.5) is 0 Å². The van der Waals surface area contributed by atoms with E-state index in [0.717, 1.165) is 44.4 Å². The molecule has 0 aliphatic rings. The summed E-state index contributed by atoms with van der Waals surface area (Å²) in [4.78, 5) is 4.74. The van der Waals surface area contributed by atoms with Crippen molar-refractivity contribution >= 4 is 34.7 Å². The van der Waals surface area contributed by atoms with E-state index in [9.17, 15) is 0 Å². The molecule has 2 heterocycles. The molecule has 0 saturated carbocycles. The number of thiazole rings is 1. The molecule has 136 valence electrons. The molecular weight excluding hydrogens is 396 g/mol. The van der Waals surface area contributed by atoms with E-state index < -0.39 is 0 Å². The van der Waals surface area contributed by atoms with Gasteiger partial charge in [0.25, 0.3) is 0 Å². The normalized spacial score (nSPS) is 11.0. The summed E-state index contributed by atoms with van der Waals surface area (Å²) in [5, 5.41) is 13.5. The standard InChI is InChI=1S/C20H17ClN4S2/c1-25-18(11-14-7-9-16(21)10-8-14)23-24-20(25)27-13-17-12-26-19(22-17)15-5-3-2-4-6-15/h2-10,12H,11,13H2,1H3. The predicted octanol–water partition coefficient (Wildman–Crippen LogP) is 5.48. The average Bonchev–Trinajstić information content (AvgIpc) is 3.30. The Morgan fingerprint density at radius 3 is 2.59 bits per heavy atom. The second kappa shape index (κ2) is 8.25. The topological polar surface area (TPSA) is 43.6 Å². The number of hydrogen-bond acceptors (Lipinski definition) is 5. The zero-order valence-corrected chi connectivity index (χ0v) is 17.1. The third-order valence-corrected chi connectivity index (χ3v) is 6.37. The number of rotatable bonds is 6. The lowest BCUT2D eigenvalue weighted by molar-refractivity contribution is 0.748. The SMILES string of the molecule is Cn1c(Cc2ccc(Cl)cc2)nnc1SCc1csc(-c2ccccc2)n1. The third-order valence-electron chi connectivity index (χ3n) is 4.12. The molecule has 7 heteroatoms. The van der Waals surface area contributed by atoms with Crippen molar-refractivity contribution in [1.82, 2.24) is 19.7 Å². The van der Waals surface area contributed by atoms with Gasteiger partial charge in [0.1, 0.15) is 10.8 Å². The number of nitrogens with zero attached hydrogens (tertiary/aromatic N) is 4. The Bertz CT molecular complexity index is 1030. The highest BCUT2D eigenvalue weighted by atomic mass is 35.5. The number of benzene rings is 2. The molecule has 4 nitrogen and oxygen atoms in total. The molecule has 27 heavy (non-hydrogen) atoms. The van der Waals surface area contributed by atoms with Gasteiger partial charge < -0.3 is 4.57 Å². The molecule has 0 fully saturated rings. The van der Waals surface area contributed by atoms with Gasteiger partial charge in [0.05, 0.1) is 5.69 Å². The smallest absolute Gasteiger partial charge is 0.191 e. The lowest BCUT2D eigenvalue weighted by Gasteiger charge is -2.04. The fourth-order valence-corrected chi connectivity index (χ4v) is 4.51. The summed E-state index contributed by atoms with van der Waals surface area (Å²) in [6.45, 7) is 0. The Hall–Kier alpha value is -2.15. The van der Waals surface area contributed by atoms with Crippen LogP contribution in [0.15, 0.2) is 65.1 Å². The van der Waals surface area contributed by atoms with Gasteiger partial charge in [-0.3, -0.25) is 0 Å². The molecule has 0 N–H and O–H groups in total. The quantitative estimate of drug-likeness (QED) is 0.393. The van der Waals surface area contributed by atoms with Crippen molar-refractivity contribution in [2.24, 2.45) is 7.05 Å². The molecule has 4 rings (SSSR count). The van der Waals surface area contributed by atoms with Crippen molar-refractivity contribution < 1.29 is 0 Å². The molecule has 0 saturated heterocycles. The van der Waals surface area contributed by atoms with Gasteiger partial charge in [0.2, 0.25) is 0 Å². The van der Waals surface area contributed by atoms with Crippen LogP contribution in [0.2, 0.25) is 5.02 Å². The maximum Gasteiger partial charge on any atom is 0.191 e. The van der Waals surface area contributed by atoms with Crippen LogP contribution in [-0.4, -0.2) is 19.7 Å². The van der Waals surface area contributed by atoms with Gasteiger partial charge in [-0.05, 0) is 17.7 Å². The second-order valence-corrected chi connectivity index (χ2v) is 8.30. The number of halogens is 1. The van der Waals surface area contributed by atoms with E-state index in [4.69, 9.17) is 16.6 Å². The van der Waals surface area contributed by atoms with Gasteiger partial charge in [-0.2, -0.15) is 0 Å². The summed E-state index contributed by atoms with van der Waals surface area (Å²) in [5.74, 6) is 1.71. The Kier molecular flexibility index (Phi) is 5.57. The second-order valence-electron chi connectivity index (χ2n) is 6.06. The summed E-state index contributed by atoms with van der Waals surface area (Å²) in [5.41, 5.74) is 3.38. The van der Waals surface area contributed by atoms with Crippen LogP contribution in [-0.2, 0) is 19.2 Å². The first kappa shape index (κ1) is 18.2. The summed E-state index contributed by atoms with van der Waals surface area (Å²) in [6, 6.07) is 18.1. The Labute approximate surface area is 171 Å². The lowest BCUT2D eigenvalue weighted by atomic mass is 10.1. The van der Waals surface area contributed by atoms with Gasteiger partial charge in [0.15, 0.2) is 5.16 Å². The van der Waals surface area contributed by atoms with Crippen molar-refractivity contribution in [3.05, 3.63) is 82.1 Å². The zero-order valence-electron chi connectivity index (χ0n) is 14.7. The molecule has 0 amide bonds. The summed E-state index contributed by atoms with van der Waals surface area (Å²) >= 11 is 9.28. The Balaban J connectivity index is 1.41. The molecule has 2 aromatic carbocycles. The minimum atomic E-state index is 0.732. The van der Waals surface area contributed by atoms with Crippen LogP contribution in [0.25, 0.3) is 10.6 Å². The Morgan fingerprint density at radius 1 is 1.04 bits per heavy atom. The highest BCUT2D eigenvalue weighted by Gasteiger charge is 2.12. The van der Waals surface area contributed by atoms with Crippen LogP contribution in [0, 0.1) is 0 Å². The van der Waals surface area contributed by atoms with Crippen LogP contribution in [0.5, 0.6) is 0 Å². The number of hydrogen-bond donors (Lipinski definition) is 0. The van der Waals surface area contributed by atoms with Crippen molar-refractivity contribution in [1.29, 1.82) is 0 Å². The fraction of sp³-hybridized carbons (Fsp3) is 0.150. The summed E-state index contributed by atoms with van der Waals surface area (Å²) in [6.07, 6.45) is 0.732. The first-order valence-corrected chi connectivity index (χ1v) is 10.7. The molecule has 0 unspecified atom stereocenters. The van der Waals surface area contributed by atoms with Gasteiger partial charge in [-0.15, -0.1) is 21.5 Å². The third kappa shape index (κ3) is 4.40. The van der Waals surface area contributed by atoms with E-state index in [2.05, 4.69) is 27.7 Å². The molecule has 0 atom stereocenters. The zero-order chi connectivity index (χ0) is 18.6. The largest absolute Gasteiger partial charge is 0.309 e. The lowest BCUT2D eigenvalue weighted by Crippen LogP contribution is -2.00. The molecule has 0 spiro atoms. The van der Waals surface area contributed by atoms with E-state index in [1.54, 1.807) is 23.1 Å². The minimum absolute atomic E-state index is 0.732. The van der Waals surface area contributed by atoms with Crippen molar-refractivity contribution in [3.63, 3.8) is 0 Å². The monoisotopic (exact) mass is 412 g/mol. The molecule has 4 aromatic rings. The first-order chi connectivity index (χ1) is 13.2. The molecule has 0 radical (unpaired) electrons. The summed E-state index contributed by atoms with van der Waals surface area (Å²) < 4.78 is 2.05. The highest BCUT2D eigenvalue weighted by molar-refractivity contribution is 7.98. The summed E-state index contributed by atoms with van der Waals surface area (Å²) in [7, 11) is 2.00. The van der Waals surface area contributed by atoms with Crippen LogP contribution in [0.1, 0.15) is 17.1 Å². The predicted molar refractivity (Wildman–Crippen MR) is 112 cm³/mol. The van der Waals surface area contributed by atoms with Gasteiger partial charge in [-0.1, -0.05) is 65.8 Å². The van der Waals surface area contributed by atoms with E-state index in [1.165, 1.54) is 5.56 Å². The van der Waals surface area contributed by atoms with Crippen LogP contribution < -0.4 is 0 Å². The molecular formula is C20H17ClN4S2. The van der Waals surface area contributed by atoms with E-state index in [0.29, 0.717) is 0 Å². The number of thioether (sulfide) groups is 1. The minimum Gasteiger partial charge on any atom is -0.309 e. The molecule has 2 aromatic heterocycles. The van der Waals surface area contributed by atoms with Crippen LogP contribution >= 0.6 is 34.7 Å². The van der Waals surface area contributed by atoms with E-state index >= 15 is 0 Å². The average molecular weight is 413 g/mol. The maximum absolute atomic E-state index is 5.95. The number of aromatic nitrogens is 4. The van der Waals surface area contributed by atoms with Gasteiger partial charge in [0, 0.05) is 35.2 Å². The van der Waals surface area contributed by atoms with Crippen LogP contribution in [0.3, 0.4) is 0 Å². The highest BCUT2D eigenvalue weighted by Crippen LogP contribution is 2.27. The van der Waals surface area contributed by atoms with Gasteiger partial charge >= 0.3 is 0 Å². The Morgan fingerprint density at radius 2 is 1.81 bits per heavy atom. The van der Waals surface area contributed by atoms with E-state index in [-0.39, 0.29) is 0 Å². The molecule has 0 bridgehead atoms. The maximum atomic E-state index is 5.95. The van der Waals surface area contributed by atoms with E-state index in [1.807, 2.05) is 54.1 Å². The van der Waals surface area contributed by atoms with Crippen molar-refractivity contribution in [2.75, 3.05) is 0 Å². The first-order valence-electron chi connectivity index (χ1n) is 8.44. The van der Waals surface area contributed by atoms with Crippen molar-refractivity contribution in [3.8, 4) is 10.6 Å². The fourth-order valence-electron chi connectivity index (χ4n) is 2.63. The van der Waals surface area contributed by atoms with Gasteiger partial charge in [-0.25, -0.2) is 4.98 Å². The van der Waals surface area contributed by atoms with Crippen molar-refractivity contribution in [2.45, 2.75) is 17.3 Å². The molecule has 0 aliphatic carbocycles.